The van der Waals surface area contributed by atoms with Crippen LogP contribution in [0.15, 0.2) is 36.4 Å². The SMILES string of the molecule is CC(=O)Nc1ccc(NC(=O)[C@H](C)OC(=O)c2ccc([N+](=O)[O-])s2)cc1. The first-order valence-electron chi connectivity index (χ1n) is 7.40. The van der Waals surface area contributed by atoms with E-state index in [1.54, 1.807) is 24.3 Å². The fourth-order valence-electron chi connectivity index (χ4n) is 1.89. The molecule has 9 nitrogen and oxygen atoms in total. The Balaban J connectivity index is 1.93. The Morgan fingerprint density at radius 3 is 2.15 bits per heavy atom. The number of thiophene rings is 1. The molecule has 0 saturated heterocycles. The first-order chi connectivity index (χ1) is 12.3. The standard InChI is InChI=1S/C16H15N3O6S/c1-9(25-16(22)13-7-8-14(26-13)19(23)24)15(21)18-12-5-3-11(4-6-12)17-10(2)20/h3-9H,1-2H3,(H,17,20)(H,18,21)/t9-/m0/s1. The summed E-state index contributed by atoms with van der Waals surface area (Å²) in [7, 11) is 0. The van der Waals surface area contributed by atoms with Gasteiger partial charge in [0.1, 0.15) is 4.88 Å². The summed E-state index contributed by atoms with van der Waals surface area (Å²) in [5, 5.41) is 15.6. The Hall–Kier alpha value is -3.27. The van der Waals surface area contributed by atoms with E-state index in [0.29, 0.717) is 22.7 Å². The molecular weight excluding hydrogens is 362 g/mol. The van der Waals surface area contributed by atoms with Gasteiger partial charge >= 0.3 is 11.0 Å². The van der Waals surface area contributed by atoms with Gasteiger partial charge in [-0.3, -0.25) is 19.7 Å². The predicted octanol–water partition coefficient (Wildman–Crippen LogP) is 2.80. The second kappa shape index (κ2) is 8.21. The van der Waals surface area contributed by atoms with Gasteiger partial charge in [0.05, 0.1) is 4.92 Å². The maximum Gasteiger partial charge on any atom is 0.349 e. The van der Waals surface area contributed by atoms with Gasteiger partial charge in [-0.2, -0.15) is 0 Å². The molecule has 1 atom stereocenters. The van der Waals surface area contributed by atoms with Crippen LogP contribution in [0, 0.1) is 10.1 Å². The molecule has 0 spiro atoms. The second-order valence-corrected chi connectivity index (χ2v) is 6.25. The third-order valence-corrected chi connectivity index (χ3v) is 4.12. The number of nitrogens with one attached hydrogen (secondary N) is 2. The van der Waals surface area contributed by atoms with Gasteiger partial charge in [0.2, 0.25) is 5.91 Å². The molecule has 1 aromatic carbocycles. The van der Waals surface area contributed by atoms with Crippen molar-refractivity contribution >= 4 is 45.5 Å². The molecule has 1 aromatic heterocycles. The van der Waals surface area contributed by atoms with Gasteiger partial charge in [-0.25, -0.2) is 4.79 Å². The Bertz CT molecular complexity index is 846. The van der Waals surface area contributed by atoms with Gasteiger partial charge in [-0.1, -0.05) is 11.3 Å². The van der Waals surface area contributed by atoms with Gasteiger partial charge < -0.3 is 15.4 Å². The maximum atomic E-state index is 12.1. The Kier molecular flexibility index (Phi) is 6.02. The van der Waals surface area contributed by atoms with Crippen LogP contribution in [-0.2, 0) is 14.3 Å². The largest absolute Gasteiger partial charge is 0.448 e. The molecule has 2 aromatic rings. The number of ether oxygens (including phenoxy) is 1. The van der Waals surface area contributed by atoms with Gasteiger partial charge in [-0.15, -0.1) is 0 Å². The van der Waals surface area contributed by atoms with Gasteiger partial charge in [0, 0.05) is 24.4 Å². The van der Waals surface area contributed by atoms with Crippen molar-refractivity contribution in [2.45, 2.75) is 20.0 Å². The third kappa shape index (κ3) is 5.11. The van der Waals surface area contributed by atoms with E-state index in [4.69, 9.17) is 4.74 Å². The highest BCUT2D eigenvalue weighted by Gasteiger charge is 2.22. The fraction of sp³-hybridized carbons (Fsp3) is 0.188. The van der Waals surface area contributed by atoms with Crippen molar-refractivity contribution in [3.8, 4) is 0 Å². The predicted molar refractivity (Wildman–Crippen MR) is 95.2 cm³/mol. The van der Waals surface area contributed by atoms with E-state index >= 15 is 0 Å². The highest BCUT2D eigenvalue weighted by molar-refractivity contribution is 7.17. The molecule has 0 bridgehead atoms. The van der Waals surface area contributed by atoms with E-state index < -0.39 is 22.9 Å². The lowest BCUT2D eigenvalue weighted by atomic mass is 10.2. The Morgan fingerprint density at radius 2 is 1.65 bits per heavy atom. The number of carbonyl (C=O) groups excluding carboxylic acids is 3. The fourth-order valence-corrected chi connectivity index (χ4v) is 2.60. The smallest absolute Gasteiger partial charge is 0.349 e. The van der Waals surface area contributed by atoms with Gasteiger partial charge in [0.15, 0.2) is 6.10 Å². The molecule has 2 amide bonds. The molecule has 2 N–H and O–H groups in total. The number of nitro groups is 1. The molecule has 0 radical (unpaired) electrons. The van der Waals surface area contributed by atoms with E-state index in [9.17, 15) is 24.5 Å². The van der Waals surface area contributed by atoms with E-state index in [2.05, 4.69) is 10.6 Å². The lowest BCUT2D eigenvalue weighted by molar-refractivity contribution is -0.380. The molecule has 0 aliphatic carbocycles. The summed E-state index contributed by atoms with van der Waals surface area (Å²) in [6.45, 7) is 2.77. The van der Waals surface area contributed by atoms with Crippen LogP contribution in [-0.4, -0.2) is 28.8 Å². The van der Waals surface area contributed by atoms with Crippen LogP contribution in [0.2, 0.25) is 0 Å². The van der Waals surface area contributed by atoms with Crippen LogP contribution >= 0.6 is 11.3 Å². The number of hydrogen-bond acceptors (Lipinski definition) is 7. The first-order valence-corrected chi connectivity index (χ1v) is 8.21. The van der Waals surface area contributed by atoms with Crippen LogP contribution in [0.4, 0.5) is 16.4 Å². The quantitative estimate of drug-likeness (QED) is 0.453. The first kappa shape index (κ1) is 19.1. The highest BCUT2D eigenvalue weighted by Crippen LogP contribution is 2.25. The lowest BCUT2D eigenvalue weighted by Gasteiger charge is -2.13. The van der Waals surface area contributed by atoms with Crippen molar-refractivity contribution in [2.24, 2.45) is 0 Å². The number of nitrogens with zero attached hydrogens (tertiary/aromatic N) is 1. The van der Waals surface area contributed by atoms with Crippen LogP contribution < -0.4 is 10.6 Å². The maximum absolute atomic E-state index is 12.1. The van der Waals surface area contributed by atoms with Crippen molar-refractivity contribution in [3.05, 3.63) is 51.4 Å². The zero-order valence-electron chi connectivity index (χ0n) is 13.8. The second-order valence-electron chi connectivity index (χ2n) is 5.19. The molecule has 136 valence electrons. The van der Waals surface area contributed by atoms with Crippen LogP contribution in [0.1, 0.15) is 23.5 Å². The number of esters is 1. The normalized spacial score (nSPS) is 11.3. The number of amides is 2. The van der Waals surface area contributed by atoms with Crippen LogP contribution in [0.3, 0.4) is 0 Å². The molecule has 0 fully saturated rings. The summed E-state index contributed by atoms with van der Waals surface area (Å²) in [6.07, 6.45) is -1.10. The zero-order chi connectivity index (χ0) is 19.3. The van der Waals surface area contributed by atoms with E-state index in [-0.39, 0.29) is 15.8 Å². The number of rotatable bonds is 6. The molecule has 0 aliphatic rings. The summed E-state index contributed by atoms with van der Waals surface area (Å²) in [4.78, 5) is 45.1. The minimum Gasteiger partial charge on any atom is -0.448 e. The van der Waals surface area contributed by atoms with Crippen molar-refractivity contribution in [1.82, 2.24) is 0 Å². The summed E-state index contributed by atoms with van der Waals surface area (Å²) >= 11 is 0.673. The molecule has 10 heteroatoms. The molecule has 0 unspecified atom stereocenters. The van der Waals surface area contributed by atoms with Crippen molar-refractivity contribution in [2.75, 3.05) is 10.6 Å². The summed E-state index contributed by atoms with van der Waals surface area (Å²) in [5.74, 6) is -1.58. The van der Waals surface area contributed by atoms with Crippen LogP contribution in [0.25, 0.3) is 0 Å². The zero-order valence-corrected chi connectivity index (χ0v) is 14.7. The Labute approximate surface area is 152 Å². The summed E-state index contributed by atoms with van der Waals surface area (Å²) in [6, 6.07) is 8.86. The van der Waals surface area contributed by atoms with E-state index in [1.165, 1.54) is 26.0 Å². The highest BCUT2D eigenvalue weighted by atomic mass is 32.1. The summed E-state index contributed by atoms with van der Waals surface area (Å²) < 4.78 is 5.02. The van der Waals surface area contributed by atoms with Gasteiger partial charge in [0.25, 0.3) is 5.91 Å². The molecule has 1 heterocycles. The average Bonchev–Trinajstić information content (AvgIpc) is 3.06. The molecule has 0 saturated carbocycles. The van der Waals surface area contributed by atoms with Crippen molar-refractivity contribution in [1.29, 1.82) is 0 Å². The molecule has 0 aliphatic heterocycles. The number of carbonyl (C=O) groups is 3. The average molecular weight is 377 g/mol. The lowest BCUT2D eigenvalue weighted by Crippen LogP contribution is -2.29. The monoisotopic (exact) mass is 377 g/mol. The number of anilines is 2. The van der Waals surface area contributed by atoms with Crippen molar-refractivity contribution < 1.29 is 24.0 Å². The minimum atomic E-state index is -1.10. The van der Waals surface area contributed by atoms with E-state index in [0.717, 1.165) is 0 Å². The topological polar surface area (TPSA) is 128 Å². The molecule has 26 heavy (non-hydrogen) atoms. The number of hydrogen-bond donors (Lipinski definition) is 2. The Morgan fingerprint density at radius 1 is 1.08 bits per heavy atom. The van der Waals surface area contributed by atoms with Crippen LogP contribution in [0.5, 0.6) is 0 Å². The molecule has 2 rings (SSSR count). The minimum absolute atomic E-state index is 0.0380. The third-order valence-electron chi connectivity index (χ3n) is 3.10. The summed E-state index contributed by atoms with van der Waals surface area (Å²) in [5.41, 5.74) is 1.04. The van der Waals surface area contributed by atoms with Crippen molar-refractivity contribution in [3.63, 3.8) is 0 Å². The van der Waals surface area contributed by atoms with E-state index in [1.807, 2.05) is 0 Å². The number of benzene rings is 1. The molecular formula is C16H15N3O6S. The van der Waals surface area contributed by atoms with Gasteiger partial charge in [-0.05, 0) is 37.3 Å².